The van der Waals surface area contributed by atoms with E-state index in [0.717, 1.165) is 0 Å². The molecule has 2 heteroatoms. The first-order valence-corrected chi connectivity index (χ1v) is 2.12. The fourth-order valence-corrected chi connectivity index (χ4v) is 0. The van der Waals surface area contributed by atoms with E-state index in [4.69, 9.17) is 0 Å². The van der Waals surface area contributed by atoms with E-state index in [-0.39, 0.29) is 0 Å². The van der Waals surface area contributed by atoms with Crippen LogP contribution in [0.3, 0.4) is 0 Å². The molecule has 0 aromatic heterocycles. The molecule has 0 aromatic carbocycles. The molecule has 30 valence electrons. The van der Waals surface area contributed by atoms with Crippen LogP contribution < -0.4 is 0 Å². The van der Waals surface area contributed by atoms with Gasteiger partial charge in [0.1, 0.15) is 0 Å². The standard InChI is InChI=1S/C3H7N.Cr/c1-4(2)3;/h1H,2-3H3;. The van der Waals surface area contributed by atoms with E-state index in [2.05, 4.69) is 15.9 Å². The average molecular weight is 109 g/mol. The van der Waals surface area contributed by atoms with Gasteiger partial charge in [-0.25, -0.2) is 0 Å². The van der Waals surface area contributed by atoms with E-state index < -0.39 is 0 Å². The summed E-state index contributed by atoms with van der Waals surface area (Å²) in [6.07, 6.45) is 0. The molecule has 0 N–H and O–H groups in total. The van der Waals surface area contributed by atoms with Crippen molar-refractivity contribution in [3.8, 4) is 0 Å². The van der Waals surface area contributed by atoms with Crippen LogP contribution in [-0.4, -0.2) is 24.0 Å². The van der Waals surface area contributed by atoms with Crippen LogP contribution in [0.5, 0.6) is 0 Å². The van der Waals surface area contributed by atoms with Gasteiger partial charge in [0.2, 0.25) is 0 Å². The Labute approximate surface area is 40.6 Å². The summed E-state index contributed by atoms with van der Waals surface area (Å²) in [4.78, 5) is 1.94. The predicted molar refractivity (Wildman–Crippen MR) is 19.8 cm³/mol. The maximum atomic E-state index is 2.74. The molecular formula is C3H7CrN. The Balaban J connectivity index is 2.83. The summed E-state index contributed by atoms with van der Waals surface area (Å²) >= 11 is 2.74. The van der Waals surface area contributed by atoms with E-state index in [1.165, 1.54) is 0 Å². The van der Waals surface area contributed by atoms with Gasteiger partial charge in [0.15, 0.2) is 0 Å². The first-order chi connectivity index (χ1) is 2.27. The van der Waals surface area contributed by atoms with Crippen LogP contribution in [0.1, 0.15) is 0 Å². The molecular weight excluding hydrogens is 102 g/mol. The summed E-state index contributed by atoms with van der Waals surface area (Å²) in [5.74, 6) is 0. The molecule has 0 spiro atoms. The van der Waals surface area contributed by atoms with E-state index in [1.54, 1.807) is 0 Å². The Bertz CT molecular complexity index is 33.9. The molecule has 0 bridgehead atoms. The van der Waals surface area contributed by atoms with Gasteiger partial charge in [-0.1, -0.05) is 0 Å². The number of hydrogen-bond acceptors (Lipinski definition) is 1. The Kier molecular flexibility index (Phi) is 2.78. The number of hydrogen-bond donors (Lipinski definition) is 0. The third-order valence-corrected chi connectivity index (χ3v) is 0.869. The molecule has 0 saturated heterocycles. The summed E-state index contributed by atoms with van der Waals surface area (Å²) in [6, 6.07) is 0. The molecule has 0 rings (SSSR count). The molecule has 0 amide bonds. The van der Waals surface area contributed by atoms with Gasteiger partial charge >= 0.3 is 39.9 Å². The molecule has 5 heavy (non-hydrogen) atoms. The van der Waals surface area contributed by atoms with Crippen LogP contribution in [0.15, 0.2) is 0 Å². The minimum atomic E-state index is 1.88. The molecule has 0 aliphatic rings. The zero-order chi connectivity index (χ0) is 4.28. The maximum absolute atomic E-state index is 2.74. The SMILES string of the molecule is CN(C)[CH]=[Cr]. The van der Waals surface area contributed by atoms with Gasteiger partial charge in [-0.15, -0.1) is 0 Å². The number of rotatable bonds is 1. The van der Waals surface area contributed by atoms with E-state index in [0.29, 0.717) is 0 Å². The monoisotopic (exact) mass is 109 g/mol. The molecule has 0 aliphatic carbocycles. The van der Waals surface area contributed by atoms with Crippen molar-refractivity contribution in [1.29, 1.82) is 0 Å². The van der Waals surface area contributed by atoms with Crippen molar-refractivity contribution in [3.63, 3.8) is 0 Å². The van der Waals surface area contributed by atoms with Crippen molar-refractivity contribution in [2.45, 2.75) is 0 Å². The van der Waals surface area contributed by atoms with Crippen molar-refractivity contribution in [2.75, 3.05) is 14.1 Å². The van der Waals surface area contributed by atoms with Gasteiger partial charge in [0, 0.05) is 0 Å². The molecule has 0 radical (unpaired) electrons. The fourth-order valence-electron chi connectivity index (χ4n) is 0. The van der Waals surface area contributed by atoms with Crippen LogP contribution in [0.4, 0.5) is 0 Å². The van der Waals surface area contributed by atoms with Gasteiger partial charge < -0.3 is 0 Å². The third-order valence-electron chi connectivity index (χ3n) is 0.211. The fraction of sp³-hybridized carbons (Fsp3) is 0.667. The molecule has 0 atom stereocenters. The minimum absolute atomic E-state index is 1.88. The van der Waals surface area contributed by atoms with Gasteiger partial charge in [-0.3, -0.25) is 0 Å². The summed E-state index contributed by atoms with van der Waals surface area (Å²) in [5.41, 5.74) is 0. The molecule has 0 saturated carbocycles. The van der Waals surface area contributed by atoms with E-state index in [9.17, 15) is 0 Å². The third kappa shape index (κ3) is 4.36. The Hall–Kier alpha value is 0.362. The number of nitrogens with zero attached hydrogens (tertiary/aromatic N) is 1. The van der Waals surface area contributed by atoms with E-state index >= 15 is 0 Å². The normalized spacial score (nSPS) is 8.60. The van der Waals surface area contributed by atoms with Gasteiger partial charge in [-0.2, -0.15) is 0 Å². The Morgan fingerprint density at radius 3 is 1.80 bits per heavy atom. The molecule has 0 fully saturated rings. The van der Waals surface area contributed by atoms with Crippen LogP contribution in [0.2, 0.25) is 0 Å². The summed E-state index contributed by atoms with van der Waals surface area (Å²) < 4.78 is 0. The molecule has 0 aromatic rings. The predicted octanol–water partition coefficient (Wildman–Crippen LogP) is -0.145. The second-order valence-electron chi connectivity index (χ2n) is 1.07. The van der Waals surface area contributed by atoms with Crippen molar-refractivity contribution in [1.82, 2.24) is 4.90 Å². The van der Waals surface area contributed by atoms with Crippen LogP contribution >= 0.6 is 0 Å². The molecule has 0 heterocycles. The second kappa shape index (κ2) is 2.59. The van der Waals surface area contributed by atoms with Gasteiger partial charge in [0.05, 0.1) is 0 Å². The quantitative estimate of drug-likeness (QED) is 0.452. The molecule has 0 unspecified atom stereocenters. The summed E-state index contributed by atoms with van der Waals surface area (Å²) in [7, 11) is 3.94. The first-order valence-electron chi connectivity index (χ1n) is 1.39. The average Bonchev–Trinajstić information content (AvgIpc) is 1.38. The van der Waals surface area contributed by atoms with E-state index in [1.807, 2.05) is 24.0 Å². The van der Waals surface area contributed by atoms with Crippen molar-refractivity contribution >= 4 is 5.01 Å². The molecule has 0 aliphatic heterocycles. The first kappa shape index (κ1) is 5.36. The topological polar surface area (TPSA) is 3.24 Å². The second-order valence-corrected chi connectivity index (χ2v) is 1.40. The van der Waals surface area contributed by atoms with Gasteiger partial charge in [-0.05, 0) is 0 Å². The summed E-state index contributed by atoms with van der Waals surface area (Å²) in [6.45, 7) is 0. The zero-order valence-corrected chi connectivity index (χ0v) is 4.71. The Morgan fingerprint density at radius 1 is 1.60 bits per heavy atom. The Morgan fingerprint density at radius 2 is 1.80 bits per heavy atom. The van der Waals surface area contributed by atoms with Crippen molar-refractivity contribution in [2.24, 2.45) is 0 Å². The van der Waals surface area contributed by atoms with Crippen molar-refractivity contribution in [3.05, 3.63) is 0 Å². The van der Waals surface area contributed by atoms with Crippen LogP contribution in [0, 0.1) is 0 Å². The summed E-state index contributed by atoms with van der Waals surface area (Å²) in [5, 5.41) is 1.88. The zero-order valence-electron chi connectivity index (χ0n) is 3.43. The van der Waals surface area contributed by atoms with Crippen molar-refractivity contribution < 1.29 is 15.9 Å². The van der Waals surface area contributed by atoms with Crippen LogP contribution in [-0.2, 0) is 15.9 Å². The van der Waals surface area contributed by atoms with Crippen LogP contribution in [0.25, 0.3) is 0 Å². The van der Waals surface area contributed by atoms with Gasteiger partial charge in [0.25, 0.3) is 0 Å². The molecule has 1 nitrogen and oxygen atoms in total.